The minimum atomic E-state index is 0.516. The first-order chi connectivity index (χ1) is 8.54. The number of anilines is 1. The second kappa shape index (κ2) is 7.39. The zero-order valence-corrected chi connectivity index (χ0v) is 12.0. The molecule has 0 spiro atoms. The molecule has 0 radical (unpaired) electrons. The maximum absolute atomic E-state index is 5.71. The largest absolute Gasteiger partial charge is 0.399 e. The van der Waals surface area contributed by atoms with E-state index >= 15 is 0 Å². The minimum Gasteiger partial charge on any atom is -0.399 e. The van der Waals surface area contributed by atoms with E-state index in [0.717, 1.165) is 25.3 Å². The van der Waals surface area contributed by atoms with Crippen molar-refractivity contribution in [2.45, 2.75) is 45.8 Å². The maximum Gasteiger partial charge on any atom is 0.0477 e. The standard InChI is InChI=1S/C15H26N2O/c1-12(2)17(13(3)9-10-18-4)11-14-5-7-15(16)8-6-14/h5-8,12-13H,9-11,16H2,1-4H3. The molecule has 1 atom stereocenters. The van der Waals surface area contributed by atoms with Gasteiger partial charge in [-0.2, -0.15) is 0 Å². The van der Waals surface area contributed by atoms with Gasteiger partial charge in [0.2, 0.25) is 0 Å². The zero-order chi connectivity index (χ0) is 13.5. The topological polar surface area (TPSA) is 38.5 Å². The molecule has 2 N–H and O–H groups in total. The summed E-state index contributed by atoms with van der Waals surface area (Å²) >= 11 is 0. The molecule has 0 heterocycles. The van der Waals surface area contributed by atoms with Gasteiger partial charge in [-0.25, -0.2) is 0 Å². The smallest absolute Gasteiger partial charge is 0.0477 e. The van der Waals surface area contributed by atoms with Gasteiger partial charge in [0.25, 0.3) is 0 Å². The lowest BCUT2D eigenvalue weighted by molar-refractivity contribution is 0.110. The highest BCUT2D eigenvalue weighted by Gasteiger charge is 2.17. The number of nitrogens with two attached hydrogens (primary N) is 1. The average molecular weight is 250 g/mol. The molecule has 1 rings (SSSR count). The first-order valence-electron chi connectivity index (χ1n) is 6.63. The summed E-state index contributed by atoms with van der Waals surface area (Å²) < 4.78 is 5.17. The van der Waals surface area contributed by atoms with Crippen molar-refractivity contribution in [2.75, 3.05) is 19.5 Å². The van der Waals surface area contributed by atoms with Crippen molar-refractivity contribution < 1.29 is 4.74 Å². The summed E-state index contributed by atoms with van der Waals surface area (Å²) in [6.45, 7) is 8.51. The third-order valence-corrected chi connectivity index (χ3v) is 3.31. The Balaban J connectivity index is 2.65. The highest BCUT2D eigenvalue weighted by molar-refractivity contribution is 5.39. The van der Waals surface area contributed by atoms with Crippen LogP contribution in [0.25, 0.3) is 0 Å². The predicted octanol–water partition coefficient (Wildman–Crippen LogP) is 2.90. The fraction of sp³-hybridized carbons (Fsp3) is 0.600. The molecule has 102 valence electrons. The van der Waals surface area contributed by atoms with Crippen molar-refractivity contribution in [3.63, 3.8) is 0 Å². The first kappa shape index (κ1) is 15.0. The molecule has 0 aliphatic rings. The van der Waals surface area contributed by atoms with Crippen LogP contribution in [0.2, 0.25) is 0 Å². The van der Waals surface area contributed by atoms with Crippen LogP contribution in [0.1, 0.15) is 32.8 Å². The Morgan fingerprint density at radius 3 is 2.28 bits per heavy atom. The van der Waals surface area contributed by atoms with Crippen molar-refractivity contribution in [2.24, 2.45) is 0 Å². The van der Waals surface area contributed by atoms with E-state index in [0.29, 0.717) is 12.1 Å². The van der Waals surface area contributed by atoms with Gasteiger partial charge in [0.15, 0.2) is 0 Å². The Kier molecular flexibility index (Phi) is 6.16. The highest BCUT2D eigenvalue weighted by Crippen LogP contribution is 2.15. The summed E-state index contributed by atoms with van der Waals surface area (Å²) in [5, 5.41) is 0. The Labute approximate surface area is 111 Å². The zero-order valence-electron chi connectivity index (χ0n) is 12.0. The second-order valence-electron chi connectivity index (χ2n) is 5.14. The number of methoxy groups -OCH3 is 1. The molecule has 1 aromatic rings. The van der Waals surface area contributed by atoms with Gasteiger partial charge in [0.05, 0.1) is 0 Å². The number of hydrogen-bond donors (Lipinski definition) is 1. The lowest BCUT2D eigenvalue weighted by atomic mass is 10.1. The monoisotopic (exact) mass is 250 g/mol. The van der Waals surface area contributed by atoms with Crippen LogP contribution in [0.15, 0.2) is 24.3 Å². The van der Waals surface area contributed by atoms with Crippen LogP contribution in [0.5, 0.6) is 0 Å². The molecule has 18 heavy (non-hydrogen) atoms. The van der Waals surface area contributed by atoms with E-state index in [1.165, 1.54) is 5.56 Å². The second-order valence-corrected chi connectivity index (χ2v) is 5.14. The molecule has 3 nitrogen and oxygen atoms in total. The molecule has 0 aromatic heterocycles. The lowest BCUT2D eigenvalue weighted by Crippen LogP contribution is -2.38. The third-order valence-electron chi connectivity index (χ3n) is 3.31. The molecule has 3 heteroatoms. The minimum absolute atomic E-state index is 0.516. The van der Waals surface area contributed by atoms with Gasteiger partial charge >= 0.3 is 0 Å². The van der Waals surface area contributed by atoms with Crippen molar-refractivity contribution in [1.82, 2.24) is 4.90 Å². The van der Waals surface area contributed by atoms with E-state index in [1.807, 2.05) is 12.1 Å². The number of hydrogen-bond acceptors (Lipinski definition) is 3. The van der Waals surface area contributed by atoms with Crippen LogP contribution in [-0.4, -0.2) is 30.7 Å². The Morgan fingerprint density at radius 1 is 1.17 bits per heavy atom. The van der Waals surface area contributed by atoms with Gasteiger partial charge in [-0.3, -0.25) is 4.90 Å². The molecule has 1 aromatic carbocycles. The van der Waals surface area contributed by atoms with Crippen LogP contribution >= 0.6 is 0 Å². The number of benzene rings is 1. The SMILES string of the molecule is COCCC(C)N(Cc1ccc(N)cc1)C(C)C. The lowest BCUT2D eigenvalue weighted by Gasteiger charge is -2.32. The summed E-state index contributed by atoms with van der Waals surface area (Å²) in [6.07, 6.45) is 1.06. The van der Waals surface area contributed by atoms with Crippen LogP contribution in [-0.2, 0) is 11.3 Å². The van der Waals surface area contributed by atoms with Crippen LogP contribution < -0.4 is 5.73 Å². The van der Waals surface area contributed by atoms with Gasteiger partial charge in [-0.15, -0.1) is 0 Å². The van der Waals surface area contributed by atoms with E-state index in [4.69, 9.17) is 10.5 Å². The quantitative estimate of drug-likeness (QED) is 0.756. The first-order valence-corrected chi connectivity index (χ1v) is 6.63. The molecule has 1 unspecified atom stereocenters. The highest BCUT2D eigenvalue weighted by atomic mass is 16.5. The van der Waals surface area contributed by atoms with Gasteiger partial charge in [0, 0.05) is 38.0 Å². The fourth-order valence-corrected chi connectivity index (χ4v) is 2.14. The van der Waals surface area contributed by atoms with Gasteiger partial charge in [-0.05, 0) is 44.9 Å². The molecule has 0 aliphatic carbocycles. The fourth-order valence-electron chi connectivity index (χ4n) is 2.14. The Morgan fingerprint density at radius 2 is 1.78 bits per heavy atom. The van der Waals surface area contributed by atoms with E-state index in [2.05, 4.69) is 37.8 Å². The molecule has 0 aliphatic heterocycles. The average Bonchev–Trinajstić information content (AvgIpc) is 2.34. The number of nitrogen functional groups attached to an aromatic ring is 1. The predicted molar refractivity (Wildman–Crippen MR) is 77.5 cm³/mol. The molecule has 0 amide bonds. The van der Waals surface area contributed by atoms with Crippen molar-refractivity contribution in [3.05, 3.63) is 29.8 Å². The molecular formula is C15H26N2O. The molecule has 0 saturated heterocycles. The van der Waals surface area contributed by atoms with Crippen molar-refractivity contribution in [3.8, 4) is 0 Å². The van der Waals surface area contributed by atoms with Gasteiger partial charge in [0.1, 0.15) is 0 Å². The summed E-state index contributed by atoms with van der Waals surface area (Å²) in [5.41, 5.74) is 7.84. The number of nitrogens with zero attached hydrogens (tertiary/aromatic N) is 1. The number of rotatable bonds is 7. The molecule has 0 saturated carbocycles. The van der Waals surface area contributed by atoms with Gasteiger partial charge < -0.3 is 10.5 Å². The third kappa shape index (κ3) is 4.67. The Bertz CT molecular complexity index is 335. The van der Waals surface area contributed by atoms with Crippen LogP contribution in [0, 0.1) is 0 Å². The van der Waals surface area contributed by atoms with E-state index in [-0.39, 0.29) is 0 Å². The Hall–Kier alpha value is -1.06. The maximum atomic E-state index is 5.71. The van der Waals surface area contributed by atoms with Crippen LogP contribution in [0.3, 0.4) is 0 Å². The van der Waals surface area contributed by atoms with E-state index < -0.39 is 0 Å². The van der Waals surface area contributed by atoms with Crippen molar-refractivity contribution >= 4 is 5.69 Å². The van der Waals surface area contributed by atoms with E-state index in [9.17, 15) is 0 Å². The summed E-state index contributed by atoms with van der Waals surface area (Å²) in [7, 11) is 1.76. The normalized spacial score (nSPS) is 13.2. The van der Waals surface area contributed by atoms with E-state index in [1.54, 1.807) is 7.11 Å². The van der Waals surface area contributed by atoms with Gasteiger partial charge in [-0.1, -0.05) is 12.1 Å². The van der Waals surface area contributed by atoms with Crippen molar-refractivity contribution in [1.29, 1.82) is 0 Å². The summed E-state index contributed by atoms with van der Waals surface area (Å²) in [5.74, 6) is 0. The molecule has 0 bridgehead atoms. The number of ether oxygens (including phenoxy) is 1. The summed E-state index contributed by atoms with van der Waals surface area (Å²) in [4.78, 5) is 2.49. The summed E-state index contributed by atoms with van der Waals surface area (Å²) in [6, 6.07) is 9.18. The molecular weight excluding hydrogens is 224 g/mol. The molecule has 0 fully saturated rings. The van der Waals surface area contributed by atoms with Crippen LogP contribution in [0.4, 0.5) is 5.69 Å².